The lowest BCUT2D eigenvalue weighted by Gasteiger charge is -2.31. The van der Waals surface area contributed by atoms with E-state index in [-0.39, 0.29) is 5.28 Å². The first-order valence-corrected chi connectivity index (χ1v) is 7.42. The van der Waals surface area contributed by atoms with E-state index >= 15 is 0 Å². The van der Waals surface area contributed by atoms with Crippen molar-refractivity contribution in [3.8, 4) is 5.95 Å². The van der Waals surface area contributed by atoms with E-state index in [2.05, 4.69) is 25.0 Å². The second-order valence-electron chi connectivity index (χ2n) is 4.80. The van der Waals surface area contributed by atoms with Crippen molar-refractivity contribution in [1.29, 1.82) is 0 Å². The third-order valence-electron chi connectivity index (χ3n) is 3.42. The van der Waals surface area contributed by atoms with Crippen LogP contribution in [0.1, 0.15) is 19.8 Å². The molecule has 21 heavy (non-hydrogen) atoms. The van der Waals surface area contributed by atoms with Gasteiger partial charge in [0.2, 0.25) is 11.2 Å². The largest absolute Gasteiger partial charge is 0.378 e. The van der Waals surface area contributed by atoms with E-state index in [1.807, 2.05) is 13.0 Å². The first kappa shape index (κ1) is 14.2. The Hall–Kier alpha value is -1.73. The fourth-order valence-corrected chi connectivity index (χ4v) is 2.57. The van der Waals surface area contributed by atoms with Gasteiger partial charge >= 0.3 is 0 Å². The molecule has 0 aromatic carbocycles. The molecule has 0 radical (unpaired) electrons. The molecule has 1 aliphatic rings. The summed E-state index contributed by atoms with van der Waals surface area (Å²) < 4.78 is 7.23. The lowest BCUT2D eigenvalue weighted by Crippen LogP contribution is -2.38. The van der Waals surface area contributed by atoms with E-state index in [0.717, 1.165) is 32.5 Å². The topological polar surface area (TPSA) is 69.0 Å². The van der Waals surface area contributed by atoms with Gasteiger partial charge in [0, 0.05) is 32.1 Å². The summed E-state index contributed by atoms with van der Waals surface area (Å²) in [4.78, 5) is 14.9. The minimum atomic E-state index is 0.178. The zero-order valence-electron chi connectivity index (χ0n) is 11.8. The maximum absolute atomic E-state index is 6.01. The quantitative estimate of drug-likeness (QED) is 0.856. The van der Waals surface area contributed by atoms with Gasteiger partial charge in [0.05, 0.1) is 6.10 Å². The number of ether oxygens (including phenoxy) is 1. The zero-order chi connectivity index (χ0) is 14.7. The second kappa shape index (κ2) is 6.36. The van der Waals surface area contributed by atoms with Gasteiger partial charge in [0.1, 0.15) is 0 Å². The third kappa shape index (κ3) is 3.30. The Bertz CT molecular complexity index is 582. The molecule has 8 heteroatoms. The summed E-state index contributed by atoms with van der Waals surface area (Å²) in [5.74, 6) is 1.03. The van der Waals surface area contributed by atoms with Crippen molar-refractivity contribution < 1.29 is 4.74 Å². The highest BCUT2D eigenvalue weighted by molar-refractivity contribution is 6.28. The van der Waals surface area contributed by atoms with Crippen LogP contribution in [0.4, 0.5) is 5.95 Å². The number of piperidine rings is 1. The van der Waals surface area contributed by atoms with Crippen molar-refractivity contribution >= 4 is 17.5 Å². The summed E-state index contributed by atoms with van der Waals surface area (Å²) in [5, 5.41) is 4.30. The van der Waals surface area contributed by atoms with Gasteiger partial charge in [0.25, 0.3) is 5.95 Å². The standard InChI is InChI=1S/C13H17ClN6O/c1-2-21-10-4-8-19(9-5-10)12-16-11(14)17-13(18-12)20-7-3-6-15-20/h3,6-7,10H,2,4-5,8-9H2,1H3. The highest BCUT2D eigenvalue weighted by Crippen LogP contribution is 2.20. The lowest BCUT2D eigenvalue weighted by molar-refractivity contribution is 0.0457. The molecule has 0 amide bonds. The van der Waals surface area contributed by atoms with Crippen LogP contribution in [0, 0.1) is 0 Å². The predicted octanol–water partition coefficient (Wildman–Crippen LogP) is 1.72. The van der Waals surface area contributed by atoms with Crippen molar-refractivity contribution in [2.75, 3.05) is 24.6 Å². The number of hydrogen-bond donors (Lipinski definition) is 0. The van der Waals surface area contributed by atoms with E-state index in [0.29, 0.717) is 18.0 Å². The molecular formula is C13H17ClN6O. The van der Waals surface area contributed by atoms with Crippen LogP contribution >= 0.6 is 11.6 Å². The van der Waals surface area contributed by atoms with Crippen molar-refractivity contribution in [1.82, 2.24) is 24.7 Å². The van der Waals surface area contributed by atoms with E-state index in [1.54, 1.807) is 17.1 Å². The van der Waals surface area contributed by atoms with Crippen LogP contribution < -0.4 is 4.90 Å². The van der Waals surface area contributed by atoms with Gasteiger partial charge in [-0.1, -0.05) is 0 Å². The third-order valence-corrected chi connectivity index (χ3v) is 3.59. The Labute approximate surface area is 127 Å². The summed E-state index contributed by atoms with van der Waals surface area (Å²) >= 11 is 6.01. The minimum absolute atomic E-state index is 0.178. The Morgan fingerprint density at radius 1 is 1.24 bits per heavy atom. The van der Waals surface area contributed by atoms with Crippen molar-refractivity contribution in [2.24, 2.45) is 0 Å². The van der Waals surface area contributed by atoms with Crippen LogP contribution in [0.3, 0.4) is 0 Å². The maximum Gasteiger partial charge on any atom is 0.256 e. The number of aromatic nitrogens is 5. The molecule has 1 saturated heterocycles. The van der Waals surface area contributed by atoms with Crippen LogP contribution in [0.15, 0.2) is 18.5 Å². The summed E-state index contributed by atoms with van der Waals surface area (Å²) in [6, 6.07) is 1.81. The van der Waals surface area contributed by atoms with Gasteiger partial charge in [-0.25, -0.2) is 4.68 Å². The molecule has 0 unspecified atom stereocenters. The summed E-state index contributed by atoms with van der Waals surface area (Å²) in [7, 11) is 0. The molecule has 7 nitrogen and oxygen atoms in total. The maximum atomic E-state index is 6.01. The van der Waals surface area contributed by atoms with E-state index in [4.69, 9.17) is 16.3 Å². The van der Waals surface area contributed by atoms with Crippen LogP contribution in [0.25, 0.3) is 5.95 Å². The van der Waals surface area contributed by atoms with Crippen molar-refractivity contribution in [2.45, 2.75) is 25.9 Å². The molecule has 1 aliphatic heterocycles. The lowest BCUT2D eigenvalue weighted by atomic mass is 10.1. The molecule has 2 aromatic heterocycles. The van der Waals surface area contributed by atoms with Crippen LogP contribution in [0.5, 0.6) is 0 Å². The molecule has 0 bridgehead atoms. The van der Waals surface area contributed by atoms with Gasteiger partial charge in [-0.15, -0.1) is 0 Å². The molecule has 3 heterocycles. The normalized spacial score (nSPS) is 16.4. The molecule has 0 atom stereocenters. The average molecular weight is 309 g/mol. The molecular weight excluding hydrogens is 292 g/mol. The molecule has 1 fully saturated rings. The van der Waals surface area contributed by atoms with E-state index in [1.165, 1.54) is 0 Å². The molecule has 3 rings (SSSR count). The monoisotopic (exact) mass is 308 g/mol. The first-order valence-electron chi connectivity index (χ1n) is 7.04. The fourth-order valence-electron chi connectivity index (χ4n) is 2.42. The Kier molecular flexibility index (Phi) is 4.31. The molecule has 0 saturated carbocycles. The Balaban J connectivity index is 1.77. The van der Waals surface area contributed by atoms with Crippen LogP contribution in [-0.4, -0.2) is 50.5 Å². The average Bonchev–Trinajstić information content (AvgIpc) is 3.02. The minimum Gasteiger partial charge on any atom is -0.378 e. The summed E-state index contributed by atoms with van der Waals surface area (Å²) in [5.41, 5.74) is 0. The number of hydrogen-bond acceptors (Lipinski definition) is 6. The van der Waals surface area contributed by atoms with Crippen LogP contribution in [0.2, 0.25) is 5.28 Å². The summed E-state index contributed by atoms with van der Waals surface area (Å²) in [6.07, 6.45) is 5.71. The van der Waals surface area contributed by atoms with Gasteiger partial charge in [-0.2, -0.15) is 20.1 Å². The molecule has 0 N–H and O–H groups in total. The zero-order valence-corrected chi connectivity index (χ0v) is 12.6. The Morgan fingerprint density at radius 2 is 2.00 bits per heavy atom. The molecule has 0 spiro atoms. The number of nitrogens with zero attached hydrogens (tertiary/aromatic N) is 6. The SMILES string of the molecule is CCOC1CCN(c2nc(Cl)nc(-n3cccn3)n2)CC1. The number of rotatable bonds is 4. The fraction of sp³-hybridized carbons (Fsp3) is 0.538. The number of anilines is 1. The van der Waals surface area contributed by atoms with Crippen molar-refractivity contribution in [3.05, 3.63) is 23.7 Å². The molecule has 0 aliphatic carbocycles. The van der Waals surface area contributed by atoms with Gasteiger partial charge in [-0.3, -0.25) is 0 Å². The van der Waals surface area contributed by atoms with E-state index < -0.39 is 0 Å². The van der Waals surface area contributed by atoms with Gasteiger partial charge in [0.15, 0.2) is 0 Å². The van der Waals surface area contributed by atoms with Gasteiger partial charge in [-0.05, 0) is 37.4 Å². The smallest absolute Gasteiger partial charge is 0.256 e. The molecule has 2 aromatic rings. The first-order chi connectivity index (χ1) is 10.3. The van der Waals surface area contributed by atoms with E-state index in [9.17, 15) is 0 Å². The Morgan fingerprint density at radius 3 is 2.67 bits per heavy atom. The highest BCUT2D eigenvalue weighted by atomic mass is 35.5. The molecule has 112 valence electrons. The van der Waals surface area contributed by atoms with Crippen molar-refractivity contribution in [3.63, 3.8) is 0 Å². The predicted molar refractivity (Wildman–Crippen MR) is 78.8 cm³/mol. The highest BCUT2D eigenvalue weighted by Gasteiger charge is 2.22. The second-order valence-corrected chi connectivity index (χ2v) is 5.13. The summed E-state index contributed by atoms with van der Waals surface area (Å²) in [6.45, 7) is 4.48. The van der Waals surface area contributed by atoms with Gasteiger partial charge < -0.3 is 9.64 Å². The van der Waals surface area contributed by atoms with Crippen LogP contribution in [-0.2, 0) is 4.74 Å². The number of halogens is 1.